The minimum atomic E-state index is 0.0475. The Morgan fingerprint density at radius 2 is 2.27 bits per heavy atom. The van der Waals surface area contributed by atoms with E-state index in [9.17, 15) is 5.26 Å². The summed E-state index contributed by atoms with van der Waals surface area (Å²) < 4.78 is 0. The zero-order valence-electron chi connectivity index (χ0n) is 17.9. The molecule has 0 saturated heterocycles. The summed E-state index contributed by atoms with van der Waals surface area (Å²) in [6.07, 6.45) is 7.18. The number of halogens is 1. The van der Waals surface area contributed by atoms with E-state index in [4.69, 9.17) is 16.6 Å². The van der Waals surface area contributed by atoms with Crippen LogP contribution in [0.2, 0.25) is 5.02 Å². The fraction of sp³-hybridized carbons (Fsp3) is 0.440. The number of nitrogens with zero attached hydrogens (tertiary/aromatic N) is 3. The maximum atomic E-state index is 9.27. The number of nitriles is 1. The lowest BCUT2D eigenvalue weighted by Gasteiger charge is -2.27. The second-order valence-electron chi connectivity index (χ2n) is 7.98. The molecule has 0 radical (unpaired) electrons. The van der Waals surface area contributed by atoms with Crippen molar-refractivity contribution in [1.29, 1.82) is 5.26 Å². The Bertz CT molecular complexity index is 960. The van der Waals surface area contributed by atoms with Crippen molar-refractivity contribution >= 4 is 22.5 Å². The van der Waals surface area contributed by atoms with Crippen molar-refractivity contribution in [2.24, 2.45) is 5.92 Å². The molecule has 1 aliphatic rings. The Hall–Kier alpha value is -2.51. The van der Waals surface area contributed by atoms with E-state index in [1.54, 1.807) is 6.20 Å². The highest BCUT2D eigenvalue weighted by Gasteiger charge is 2.23. The molecule has 4 nitrogen and oxygen atoms in total. The molecule has 0 saturated carbocycles. The van der Waals surface area contributed by atoms with Crippen LogP contribution in [0.5, 0.6) is 0 Å². The van der Waals surface area contributed by atoms with Crippen LogP contribution in [0.25, 0.3) is 10.9 Å². The van der Waals surface area contributed by atoms with Gasteiger partial charge in [0.1, 0.15) is 0 Å². The first-order valence-electron chi connectivity index (χ1n) is 10.8. The van der Waals surface area contributed by atoms with E-state index in [2.05, 4.69) is 54.6 Å². The van der Waals surface area contributed by atoms with E-state index in [-0.39, 0.29) is 5.92 Å². The van der Waals surface area contributed by atoms with Crippen LogP contribution in [0.15, 0.2) is 43.3 Å². The zero-order chi connectivity index (χ0) is 21.5. The molecule has 3 rings (SSSR count). The van der Waals surface area contributed by atoms with E-state index < -0.39 is 0 Å². The normalized spacial score (nSPS) is 15.3. The van der Waals surface area contributed by atoms with Gasteiger partial charge in [-0.05, 0) is 55.5 Å². The minimum absolute atomic E-state index is 0.0475. The topological polar surface area (TPSA) is 52.0 Å². The van der Waals surface area contributed by atoms with Crippen LogP contribution >= 0.6 is 11.6 Å². The number of nitrogens with one attached hydrogen (secondary N) is 1. The first-order valence-corrected chi connectivity index (χ1v) is 11.2. The Morgan fingerprint density at radius 1 is 1.43 bits per heavy atom. The SMILES string of the molecule is C=CNCCN(CCc1ccc2c(Cl)c3c(nc2c1)CCC(C#N)C3)C(=C)CCC. The lowest BCUT2D eigenvalue weighted by atomic mass is 9.86. The molecule has 1 aromatic carbocycles. The van der Waals surface area contributed by atoms with Crippen molar-refractivity contribution < 1.29 is 0 Å². The standard InChI is InChI=1S/C25H31ClN4/c1-4-6-18(3)30(14-12-28-5-2)13-11-19-7-9-21-24(16-19)29-23-10-8-20(17-27)15-22(23)25(21)26/h5,7,9,16,20,28H,2-4,6,8,10-15H2,1H3. The second-order valence-corrected chi connectivity index (χ2v) is 8.36. The van der Waals surface area contributed by atoms with Crippen LogP contribution in [0, 0.1) is 17.2 Å². The van der Waals surface area contributed by atoms with Gasteiger partial charge in [0.2, 0.25) is 0 Å². The molecule has 5 heteroatoms. The summed E-state index contributed by atoms with van der Waals surface area (Å²) in [5.41, 5.74) is 5.52. The third-order valence-electron chi connectivity index (χ3n) is 5.86. The smallest absolute Gasteiger partial charge is 0.0723 e. The summed E-state index contributed by atoms with van der Waals surface area (Å²) in [6.45, 7) is 12.9. The number of aromatic nitrogens is 1. The Labute approximate surface area is 185 Å². The number of pyridine rings is 1. The number of fused-ring (bicyclic) bond motifs is 2. The van der Waals surface area contributed by atoms with Gasteiger partial charge in [0.15, 0.2) is 0 Å². The predicted molar refractivity (Wildman–Crippen MR) is 125 cm³/mol. The van der Waals surface area contributed by atoms with Crippen LogP contribution in [0.4, 0.5) is 0 Å². The van der Waals surface area contributed by atoms with Crippen molar-refractivity contribution in [3.63, 3.8) is 0 Å². The number of benzene rings is 1. The fourth-order valence-corrected chi connectivity index (χ4v) is 4.48. The molecule has 0 aliphatic heterocycles. The Balaban J connectivity index is 1.77. The molecule has 2 aromatic rings. The van der Waals surface area contributed by atoms with Gasteiger partial charge >= 0.3 is 0 Å². The molecule has 0 spiro atoms. The van der Waals surface area contributed by atoms with E-state index >= 15 is 0 Å². The van der Waals surface area contributed by atoms with Crippen LogP contribution in [-0.4, -0.2) is 29.5 Å². The maximum Gasteiger partial charge on any atom is 0.0723 e. The summed E-state index contributed by atoms with van der Waals surface area (Å²) in [4.78, 5) is 7.27. The fourth-order valence-electron chi connectivity index (χ4n) is 4.14. The summed E-state index contributed by atoms with van der Waals surface area (Å²) in [6, 6.07) is 8.78. The molecule has 1 aromatic heterocycles. The van der Waals surface area contributed by atoms with Gasteiger partial charge in [-0.1, -0.05) is 50.2 Å². The highest BCUT2D eigenvalue weighted by molar-refractivity contribution is 6.36. The van der Waals surface area contributed by atoms with Crippen LogP contribution in [-0.2, 0) is 19.3 Å². The monoisotopic (exact) mass is 422 g/mol. The predicted octanol–water partition coefficient (Wildman–Crippen LogP) is 5.41. The van der Waals surface area contributed by atoms with Crippen molar-refractivity contribution in [2.45, 2.75) is 45.4 Å². The molecule has 0 bridgehead atoms. The van der Waals surface area contributed by atoms with E-state index in [0.717, 1.165) is 78.9 Å². The first kappa shape index (κ1) is 22.2. The molecule has 158 valence electrons. The highest BCUT2D eigenvalue weighted by atomic mass is 35.5. The van der Waals surface area contributed by atoms with Crippen LogP contribution in [0.3, 0.4) is 0 Å². The van der Waals surface area contributed by atoms with Gasteiger partial charge in [-0.2, -0.15) is 5.26 Å². The molecule has 0 fully saturated rings. The minimum Gasteiger partial charge on any atom is -0.390 e. The van der Waals surface area contributed by atoms with Crippen molar-refractivity contribution in [3.05, 3.63) is 65.1 Å². The lowest BCUT2D eigenvalue weighted by Crippen LogP contribution is -2.31. The molecule has 1 atom stereocenters. The van der Waals surface area contributed by atoms with E-state index in [1.807, 2.05) is 0 Å². The molecule has 1 unspecified atom stereocenters. The molecule has 30 heavy (non-hydrogen) atoms. The van der Waals surface area contributed by atoms with Gasteiger partial charge in [-0.25, -0.2) is 0 Å². The second kappa shape index (κ2) is 10.5. The summed E-state index contributed by atoms with van der Waals surface area (Å²) in [5, 5.41) is 14.2. The van der Waals surface area contributed by atoms with Crippen LogP contribution in [0.1, 0.15) is 43.0 Å². The average molecular weight is 423 g/mol. The molecule has 1 aliphatic carbocycles. The Kier molecular flexibility index (Phi) is 7.76. The van der Waals surface area contributed by atoms with Crippen LogP contribution < -0.4 is 5.32 Å². The average Bonchev–Trinajstić information content (AvgIpc) is 2.76. The van der Waals surface area contributed by atoms with Gasteiger partial charge in [0, 0.05) is 36.4 Å². The summed E-state index contributed by atoms with van der Waals surface area (Å²) >= 11 is 6.72. The van der Waals surface area contributed by atoms with Gasteiger partial charge in [-0.15, -0.1) is 0 Å². The molecule has 1 heterocycles. The zero-order valence-corrected chi connectivity index (χ0v) is 18.6. The van der Waals surface area contributed by atoms with E-state index in [1.165, 1.54) is 11.3 Å². The molecular weight excluding hydrogens is 392 g/mol. The number of allylic oxidation sites excluding steroid dienone is 1. The van der Waals surface area contributed by atoms with Gasteiger partial charge in [0.25, 0.3) is 0 Å². The van der Waals surface area contributed by atoms with Gasteiger partial charge in [-0.3, -0.25) is 4.98 Å². The van der Waals surface area contributed by atoms with Gasteiger partial charge < -0.3 is 10.2 Å². The molecule has 0 amide bonds. The first-order chi connectivity index (χ1) is 14.6. The highest BCUT2D eigenvalue weighted by Crippen LogP contribution is 2.35. The molecular formula is C25H31ClN4. The number of aryl methyl sites for hydroxylation is 1. The van der Waals surface area contributed by atoms with Gasteiger partial charge in [0.05, 0.1) is 22.5 Å². The van der Waals surface area contributed by atoms with Crippen molar-refractivity contribution in [2.75, 3.05) is 19.6 Å². The van der Waals surface area contributed by atoms with Crippen molar-refractivity contribution in [3.8, 4) is 6.07 Å². The summed E-state index contributed by atoms with van der Waals surface area (Å²) in [7, 11) is 0. The quantitative estimate of drug-likeness (QED) is 0.520. The van der Waals surface area contributed by atoms with Crippen molar-refractivity contribution in [1.82, 2.24) is 15.2 Å². The largest absolute Gasteiger partial charge is 0.390 e. The maximum absolute atomic E-state index is 9.27. The summed E-state index contributed by atoms with van der Waals surface area (Å²) in [5.74, 6) is 0.0475. The third kappa shape index (κ3) is 5.15. The lowest BCUT2D eigenvalue weighted by molar-refractivity contribution is 0.339. The third-order valence-corrected chi connectivity index (χ3v) is 6.29. The van der Waals surface area contributed by atoms with E-state index in [0.29, 0.717) is 6.42 Å². The number of rotatable bonds is 10. The Morgan fingerprint density at radius 3 is 3.00 bits per heavy atom. The number of hydrogen-bond donors (Lipinski definition) is 1. The number of hydrogen-bond acceptors (Lipinski definition) is 4. The molecule has 1 N–H and O–H groups in total.